The molecule has 0 amide bonds. The van der Waals surface area contributed by atoms with Crippen LogP contribution in [0.1, 0.15) is 75.9 Å². The van der Waals surface area contributed by atoms with E-state index in [1.165, 1.54) is 5.57 Å². The second kappa shape index (κ2) is 7.24. The fourth-order valence-corrected chi connectivity index (χ4v) is 6.87. The third kappa shape index (κ3) is 2.94. The minimum absolute atomic E-state index is 0.0268. The van der Waals surface area contributed by atoms with Gasteiger partial charge in [0, 0.05) is 23.4 Å². The van der Waals surface area contributed by atoms with Crippen molar-refractivity contribution in [2.24, 2.45) is 22.7 Å². The Bertz CT molecular complexity index is 1000. The van der Waals surface area contributed by atoms with Gasteiger partial charge in [-0.3, -0.25) is 0 Å². The molecule has 2 saturated carbocycles. The molecule has 6 heteroatoms. The number of nitrogens with zero attached hydrogens (tertiary/aromatic N) is 4. The van der Waals surface area contributed by atoms with Crippen LogP contribution in [0, 0.1) is 22.7 Å². The van der Waals surface area contributed by atoms with Crippen molar-refractivity contribution in [2.75, 3.05) is 0 Å². The minimum Gasteiger partial charge on any atom is -0.393 e. The lowest BCUT2D eigenvalue weighted by Gasteiger charge is -2.52. The van der Waals surface area contributed by atoms with E-state index >= 15 is 0 Å². The molecule has 3 aliphatic carbocycles. The second-order valence-corrected chi connectivity index (χ2v) is 10.4. The minimum atomic E-state index is -0.615. The molecule has 0 radical (unpaired) electrons. The lowest BCUT2D eigenvalue weighted by atomic mass is 9.53. The van der Waals surface area contributed by atoms with E-state index in [-0.39, 0.29) is 22.9 Å². The highest BCUT2D eigenvalue weighted by molar-refractivity contribution is 5.37. The van der Waals surface area contributed by atoms with Gasteiger partial charge >= 0.3 is 0 Å². The first-order valence-electron chi connectivity index (χ1n) is 11.7. The van der Waals surface area contributed by atoms with E-state index < -0.39 is 6.10 Å². The van der Waals surface area contributed by atoms with Gasteiger partial charge in [0.15, 0.2) is 0 Å². The summed E-state index contributed by atoms with van der Waals surface area (Å²) in [6.07, 6.45) is 8.74. The Kier molecular flexibility index (Phi) is 4.87. The van der Waals surface area contributed by atoms with Crippen LogP contribution >= 0.6 is 0 Å². The van der Waals surface area contributed by atoms with Gasteiger partial charge in [-0.05, 0) is 68.3 Å². The van der Waals surface area contributed by atoms with E-state index in [4.69, 9.17) is 5.10 Å². The van der Waals surface area contributed by atoms with E-state index in [9.17, 15) is 10.2 Å². The summed E-state index contributed by atoms with van der Waals surface area (Å²) in [6.45, 7) is 11.0. The Balaban J connectivity index is 1.53. The Morgan fingerprint density at radius 2 is 1.94 bits per heavy atom. The summed E-state index contributed by atoms with van der Waals surface area (Å²) in [5, 5.41) is 27.7. The zero-order valence-electron chi connectivity index (χ0n) is 18.9. The maximum atomic E-state index is 11.8. The molecule has 4 unspecified atom stereocenters. The van der Waals surface area contributed by atoms with Crippen molar-refractivity contribution in [2.45, 2.75) is 77.9 Å². The molecule has 6 nitrogen and oxygen atoms in total. The topological polar surface area (TPSA) is 84.1 Å². The van der Waals surface area contributed by atoms with Crippen molar-refractivity contribution in [3.05, 3.63) is 47.6 Å². The zero-order valence-corrected chi connectivity index (χ0v) is 18.9. The highest BCUT2D eigenvalue weighted by Gasteiger charge is 2.56. The number of allylic oxidation sites excluding steroid dienone is 1. The highest BCUT2D eigenvalue weighted by atomic mass is 16.3. The maximum absolute atomic E-state index is 11.8. The first-order chi connectivity index (χ1) is 14.8. The molecule has 3 aliphatic rings. The lowest BCUT2D eigenvalue weighted by Crippen LogP contribution is -2.48. The number of aliphatic hydroxyl groups is 2. The fraction of sp³-hybridized carbons (Fsp3) is 0.640. The van der Waals surface area contributed by atoms with Crippen LogP contribution < -0.4 is 0 Å². The van der Waals surface area contributed by atoms with E-state index in [1.54, 1.807) is 18.5 Å². The number of hydrogen-bond acceptors (Lipinski definition) is 5. The van der Waals surface area contributed by atoms with Gasteiger partial charge in [-0.25, -0.2) is 14.6 Å². The number of hydrogen-bond donors (Lipinski definition) is 2. The van der Waals surface area contributed by atoms with Crippen LogP contribution in [-0.2, 0) is 12.8 Å². The van der Waals surface area contributed by atoms with Gasteiger partial charge in [0.05, 0.1) is 23.6 Å². The van der Waals surface area contributed by atoms with Crippen LogP contribution in [0.25, 0.3) is 5.95 Å². The predicted octanol–water partition coefficient (Wildman–Crippen LogP) is 3.95. The number of aliphatic hydroxyl groups excluding tert-OH is 2. The van der Waals surface area contributed by atoms with E-state index in [2.05, 4.69) is 37.3 Å². The number of aromatic nitrogens is 4. The molecule has 2 heterocycles. The molecular formula is C25H34N4O2. The first kappa shape index (κ1) is 20.8. The molecule has 5 rings (SSSR count). The average Bonchev–Trinajstić information content (AvgIpc) is 3.29. The summed E-state index contributed by atoms with van der Waals surface area (Å²) >= 11 is 0. The third-order valence-electron chi connectivity index (χ3n) is 8.95. The molecule has 2 aromatic rings. The van der Waals surface area contributed by atoms with Crippen molar-refractivity contribution in [3.8, 4) is 5.95 Å². The smallest absolute Gasteiger partial charge is 0.250 e. The standard InChI is InChI=1S/C25H34N4O2/c1-5-19-21-18(28-29(19)23-26-11-6-12-27-23)9-10-24(3,22(21)31)16-13-20(30)17-8-7-15(2)25(17,4)14-16/h6,11-12,16-17,20,22,30-31H,2,5,7-10,13-14H2,1,3-4H3/t16-,17?,20?,22?,24+,25?/m1/s1. The maximum Gasteiger partial charge on any atom is 0.250 e. The van der Waals surface area contributed by atoms with Crippen LogP contribution in [-0.4, -0.2) is 36.1 Å². The van der Waals surface area contributed by atoms with Gasteiger partial charge in [0.1, 0.15) is 0 Å². The van der Waals surface area contributed by atoms with Gasteiger partial charge < -0.3 is 10.2 Å². The van der Waals surface area contributed by atoms with E-state index in [0.717, 1.165) is 61.9 Å². The Hall–Kier alpha value is -2.05. The molecule has 2 aromatic heterocycles. The fourth-order valence-electron chi connectivity index (χ4n) is 6.87. The van der Waals surface area contributed by atoms with Crippen LogP contribution in [0.5, 0.6) is 0 Å². The summed E-state index contributed by atoms with van der Waals surface area (Å²) < 4.78 is 1.81. The molecule has 0 aromatic carbocycles. The monoisotopic (exact) mass is 422 g/mol. The molecule has 0 aliphatic heterocycles. The van der Waals surface area contributed by atoms with Gasteiger partial charge in [-0.2, -0.15) is 5.10 Å². The van der Waals surface area contributed by atoms with Crippen molar-refractivity contribution in [1.29, 1.82) is 0 Å². The summed E-state index contributed by atoms with van der Waals surface area (Å²) in [4.78, 5) is 8.76. The van der Waals surface area contributed by atoms with E-state index in [1.807, 2.05) is 4.68 Å². The quantitative estimate of drug-likeness (QED) is 0.732. The van der Waals surface area contributed by atoms with Crippen LogP contribution in [0.2, 0.25) is 0 Å². The molecular weight excluding hydrogens is 388 g/mol. The van der Waals surface area contributed by atoms with Gasteiger partial charge in [0.25, 0.3) is 5.95 Å². The molecule has 31 heavy (non-hydrogen) atoms. The van der Waals surface area contributed by atoms with Gasteiger partial charge in [-0.1, -0.05) is 32.9 Å². The molecule has 0 saturated heterocycles. The predicted molar refractivity (Wildman–Crippen MR) is 119 cm³/mol. The first-order valence-corrected chi connectivity index (χ1v) is 11.7. The van der Waals surface area contributed by atoms with Crippen molar-refractivity contribution in [1.82, 2.24) is 19.7 Å². The molecule has 2 N–H and O–H groups in total. The van der Waals surface area contributed by atoms with E-state index in [0.29, 0.717) is 11.9 Å². The Morgan fingerprint density at radius 1 is 1.19 bits per heavy atom. The van der Waals surface area contributed by atoms with Crippen LogP contribution in [0.3, 0.4) is 0 Å². The summed E-state index contributed by atoms with van der Waals surface area (Å²) in [6, 6.07) is 1.80. The summed E-state index contributed by atoms with van der Waals surface area (Å²) in [5.74, 6) is 1.09. The van der Waals surface area contributed by atoms with Gasteiger partial charge in [0.2, 0.25) is 0 Å². The highest BCUT2D eigenvalue weighted by Crippen LogP contribution is 2.62. The SMILES string of the molecule is C=C1CCC2C(O)C[C@@H]([C@]3(C)CCc4nn(-c5ncccn5)c(CC)c4C3O)CC12C. The Morgan fingerprint density at radius 3 is 2.65 bits per heavy atom. The van der Waals surface area contributed by atoms with Crippen molar-refractivity contribution < 1.29 is 10.2 Å². The zero-order chi connectivity index (χ0) is 22.0. The average molecular weight is 423 g/mol. The molecule has 166 valence electrons. The third-order valence-corrected chi connectivity index (χ3v) is 8.95. The second-order valence-electron chi connectivity index (χ2n) is 10.4. The molecule has 0 bridgehead atoms. The van der Waals surface area contributed by atoms with Crippen LogP contribution in [0.15, 0.2) is 30.6 Å². The largest absolute Gasteiger partial charge is 0.393 e. The number of aryl methyl sites for hydroxylation is 1. The van der Waals surface area contributed by atoms with Crippen molar-refractivity contribution >= 4 is 0 Å². The van der Waals surface area contributed by atoms with Crippen molar-refractivity contribution in [3.63, 3.8) is 0 Å². The number of rotatable bonds is 3. The molecule has 6 atom stereocenters. The normalized spacial score (nSPS) is 37.5. The Labute approximate surface area is 184 Å². The molecule has 0 spiro atoms. The lowest BCUT2D eigenvalue weighted by molar-refractivity contribution is -0.0958. The van der Waals surface area contributed by atoms with Crippen LogP contribution in [0.4, 0.5) is 0 Å². The summed E-state index contributed by atoms with van der Waals surface area (Å²) in [7, 11) is 0. The molecule has 2 fully saturated rings. The van der Waals surface area contributed by atoms with Gasteiger partial charge in [-0.15, -0.1) is 0 Å². The number of fused-ring (bicyclic) bond motifs is 2. The summed E-state index contributed by atoms with van der Waals surface area (Å²) in [5.41, 5.74) is 3.85.